The molecule has 5 heteroatoms. The second-order valence-corrected chi connectivity index (χ2v) is 3.48. The Hall–Kier alpha value is -0.970. The van der Waals surface area contributed by atoms with Crippen LogP contribution in [0.25, 0.3) is 6.08 Å². The number of hydrogen-bond donors (Lipinski definition) is 1. The van der Waals surface area contributed by atoms with Gasteiger partial charge >= 0.3 is 6.18 Å². The minimum atomic E-state index is -4.38. The van der Waals surface area contributed by atoms with Gasteiger partial charge in [0.05, 0.1) is 5.56 Å². The lowest BCUT2D eigenvalue weighted by molar-refractivity contribution is -0.137. The molecule has 0 radical (unpaired) electrons. The molecule has 0 aliphatic rings. The number of phenolic OH excluding ortho intramolecular Hbond substituents is 1. The molecule has 0 saturated heterocycles. The highest BCUT2D eigenvalue weighted by Crippen LogP contribution is 2.32. The van der Waals surface area contributed by atoms with Crippen LogP contribution in [0.3, 0.4) is 0 Å². The Bertz CT molecular complexity index is 371. The van der Waals surface area contributed by atoms with Gasteiger partial charge in [0.15, 0.2) is 0 Å². The predicted molar refractivity (Wildman–Crippen MR) is 55.9 cm³/mol. The maximum Gasteiger partial charge on any atom is 0.416 e. The predicted octanol–water partition coefficient (Wildman–Crippen LogP) is 3.82. The first-order valence-electron chi connectivity index (χ1n) is 4.08. The van der Waals surface area contributed by atoms with Gasteiger partial charge in [0.2, 0.25) is 0 Å². The van der Waals surface area contributed by atoms with Crippen molar-refractivity contribution in [3.63, 3.8) is 0 Å². The third-order valence-corrected chi connectivity index (χ3v) is 2.12. The molecule has 15 heavy (non-hydrogen) atoms. The van der Waals surface area contributed by atoms with E-state index in [2.05, 4.69) is 15.9 Å². The van der Waals surface area contributed by atoms with Crippen LogP contribution in [0.1, 0.15) is 11.1 Å². The SMILES string of the molecule is Oc1ccc(C(F)(F)F)cc1C=CCBr. The number of hydrogen-bond acceptors (Lipinski definition) is 1. The summed E-state index contributed by atoms with van der Waals surface area (Å²) in [7, 11) is 0. The number of alkyl halides is 4. The molecule has 82 valence electrons. The topological polar surface area (TPSA) is 20.2 Å². The lowest BCUT2D eigenvalue weighted by atomic mass is 10.1. The largest absolute Gasteiger partial charge is 0.507 e. The second kappa shape index (κ2) is 4.70. The van der Waals surface area contributed by atoms with Crippen LogP contribution in [0.15, 0.2) is 24.3 Å². The fourth-order valence-corrected chi connectivity index (χ4v) is 1.22. The number of benzene rings is 1. The van der Waals surface area contributed by atoms with Crippen molar-refractivity contribution in [3.8, 4) is 5.75 Å². The van der Waals surface area contributed by atoms with E-state index < -0.39 is 11.7 Å². The molecular formula is C10H8BrF3O. The molecule has 0 fully saturated rings. The lowest BCUT2D eigenvalue weighted by Crippen LogP contribution is -2.04. The van der Waals surface area contributed by atoms with Crippen LogP contribution in [0, 0.1) is 0 Å². The summed E-state index contributed by atoms with van der Waals surface area (Å²) in [6.45, 7) is 0. The average molecular weight is 281 g/mol. The van der Waals surface area contributed by atoms with E-state index in [1.807, 2.05) is 0 Å². The molecule has 1 N–H and O–H groups in total. The first kappa shape index (κ1) is 12.1. The molecule has 1 aromatic carbocycles. The third-order valence-electron chi connectivity index (χ3n) is 1.74. The molecule has 0 aliphatic heterocycles. The summed E-state index contributed by atoms with van der Waals surface area (Å²) in [5, 5.41) is 9.81. The Balaban J connectivity index is 3.11. The van der Waals surface area contributed by atoms with E-state index in [1.165, 1.54) is 6.08 Å². The third kappa shape index (κ3) is 3.27. The van der Waals surface area contributed by atoms with E-state index >= 15 is 0 Å². The van der Waals surface area contributed by atoms with Crippen LogP contribution in [0.2, 0.25) is 0 Å². The van der Waals surface area contributed by atoms with Crippen molar-refractivity contribution in [2.75, 3.05) is 5.33 Å². The molecule has 0 aromatic heterocycles. The summed E-state index contributed by atoms with van der Waals surface area (Å²) in [6, 6.07) is 2.80. The summed E-state index contributed by atoms with van der Waals surface area (Å²) < 4.78 is 36.9. The monoisotopic (exact) mass is 280 g/mol. The molecule has 0 saturated carbocycles. The van der Waals surface area contributed by atoms with Gasteiger partial charge < -0.3 is 5.11 Å². The van der Waals surface area contributed by atoms with Gasteiger partial charge in [-0.3, -0.25) is 0 Å². The van der Waals surface area contributed by atoms with Crippen LogP contribution >= 0.6 is 15.9 Å². The second-order valence-electron chi connectivity index (χ2n) is 2.83. The van der Waals surface area contributed by atoms with E-state index in [1.54, 1.807) is 6.08 Å². The van der Waals surface area contributed by atoms with Gasteiger partial charge in [-0.05, 0) is 18.2 Å². The highest BCUT2D eigenvalue weighted by atomic mass is 79.9. The van der Waals surface area contributed by atoms with E-state index in [-0.39, 0.29) is 11.3 Å². The van der Waals surface area contributed by atoms with Crippen molar-refractivity contribution in [1.82, 2.24) is 0 Å². The van der Waals surface area contributed by atoms with Crippen LogP contribution < -0.4 is 0 Å². The molecule has 0 bridgehead atoms. The average Bonchev–Trinajstić information content (AvgIpc) is 2.15. The van der Waals surface area contributed by atoms with Crippen molar-refractivity contribution in [1.29, 1.82) is 0 Å². The van der Waals surface area contributed by atoms with Gasteiger partial charge in [0.25, 0.3) is 0 Å². The van der Waals surface area contributed by atoms with Crippen molar-refractivity contribution in [2.24, 2.45) is 0 Å². The Morgan fingerprint density at radius 1 is 1.33 bits per heavy atom. The van der Waals surface area contributed by atoms with E-state index in [0.29, 0.717) is 5.33 Å². The Morgan fingerprint density at radius 2 is 2.00 bits per heavy atom. The van der Waals surface area contributed by atoms with Gasteiger partial charge in [-0.15, -0.1) is 0 Å². The summed E-state index contributed by atoms with van der Waals surface area (Å²) in [6.07, 6.45) is -1.35. The van der Waals surface area contributed by atoms with Gasteiger partial charge in [0, 0.05) is 10.9 Å². The lowest BCUT2D eigenvalue weighted by Gasteiger charge is -2.08. The highest BCUT2D eigenvalue weighted by Gasteiger charge is 2.30. The standard InChI is InChI=1S/C10H8BrF3O/c11-5-1-2-7-6-8(10(12,13)14)3-4-9(7)15/h1-4,6,15H,5H2. The number of halogens is 4. The highest BCUT2D eigenvalue weighted by molar-refractivity contribution is 9.09. The molecule has 0 aliphatic carbocycles. The Morgan fingerprint density at radius 3 is 2.53 bits per heavy atom. The number of allylic oxidation sites excluding steroid dienone is 1. The quantitative estimate of drug-likeness (QED) is 0.817. The van der Waals surface area contributed by atoms with Gasteiger partial charge in [-0.25, -0.2) is 0 Å². The van der Waals surface area contributed by atoms with Crippen LogP contribution in [0.5, 0.6) is 5.75 Å². The van der Waals surface area contributed by atoms with E-state index in [0.717, 1.165) is 18.2 Å². The first-order valence-corrected chi connectivity index (χ1v) is 5.20. The summed E-state index contributed by atoms with van der Waals surface area (Å²) in [5.74, 6) is -0.166. The zero-order chi connectivity index (χ0) is 11.5. The normalized spacial score (nSPS) is 12.3. The maximum atomic E-state index is 12.3. The molecule has 0 spiro atoms. The fraction of sp³-hybridized carbons (Fsp3) is 0.200. The van der Waals surface area contributed by atoms with E-state index in [4.69, 9.17) is 0 Å². The zero-order valence-electron chi connectivity index (χ0n) is 7.55. The molecule has 1 rings (SSSR count). The summed E-state index contributed by atoms with van der Waals surface area (Å²) in [5.41, 5.74) is -0.612. The number of phenols is 1. The van der Waals surface area contributed by atoms with Crippen LogP contribution in [-0.4, -0.2) is 10.4 Å². The van der Waals surface area contributed by atoms with E-state index in [9.17, 15) is 18.3 Å². The minimum absolute atomic E-state index is 0.157. The van der Waals surface area contributed by atoms with Crippen molar-refractivity contribution >= 4 is 22.0 Å². The summed E-state index contributed by atoms with van der Waals surface area (Å²) >= 11 is 3.10. The molecular weight excluding hydrogens is 273 g/mol. The van der Waals surface area contributed by atoms with Gasteiger partial charge in [0.1, 0.15) is 5.75 Å². The molecule has 1 nitrogen and oxygen atoms in total. The zero-order valence-corrected chi connectivity index (χ0v) is 9.14. The molecule has 1 aromatic rings. The Kier molecular flexibility index (Phi) is 3.79. The van der Waals surface area contributed by atoms with Gasteiger partial charge in [-0.1, -0.05) is 28.1 Å². The minimum Gasteiger partial charge on any atom is -0.507 e. The van der Waals surface area contributed by atoms with Crippen molar-refractivity contribution in [3.05, 3.63) is 35.4 Å². The summed E-state index contributed by atoms with van der Waals surface area (Å²) in [4.78, 5) is 0. The molecule has 0 unspecified atom stereocenters. The van der Waals surface area contributed by atoms with Crippen molar-refractivity contribution in [2.45, 2.75) is 6.18 Å². The van der Waals surface area contributed by atoms with Crippen molar-refractivity contribution < 1.29 is 18.3 Å². The molecule has 0 atom stereocenters. The number of aromatic hydroxyl groups is 1. The van der Waals surface area contributed by atoms with Gasteiger partial charge in [-0.2, -0.15) is 13.2 Å². The molecule has 0 amide bonds. The van der Waals surface area contributed by atoms with Crippen LogP contribution in [0.4, 0.5) is 13.2 Å². The molecule has 0 heterocycles. The number of rotatable bonds is 2. The maximum absolute atomic E-state index is 12.3. The smallest absolute Gasteiger partial charge is 0.416 e. The fourth-order valence-electron chi connectivity index (χ4n) is 1.04. The van der Waals surface area contributed by atoms with Crippen LogP contribution in [-0.2, 0) is 6.18 Å². The first-order chi connectivity index (χ1) is 6.95. The Labute approximate surface area is 93.4 Å².